The molecule has 0 fully saturated rings. The zero-order chi connectivity index (χ0) is 15.9. The molecule has 0 atom stereocenters. The van der Waals surface area contributed by atoms with Crippen LogP contribution in [0.25, 0.3) is 23.1 Å². The molecule has 0 spiro atoms. The average Bonchev–Trinajstić information content (AvgIpc) is 2.61. The molecule has 2 aromatic carbocycles. The highest BCUT2D eigenvalue weighted by Crippen LogP contribution is 2.19. The standard InChI is InChI=1S/C21H22N2/c1-2-3-15-22-19-12-9-17(10-13-19)8-11-18-14-16-23-21-7-5-4-6-20(18)21/h4-14,16,22H,2-3,15H2,1H3/b11-8-. The molecular weight excluding hydrogens is 280 g/mol. The molecule has 0 aliphatic heterocycles. The van der Waals surface area contributed by atoms with Crippen molar-refractivity contribution in [2.24, 2.45) is 0 Å². The molecule has 0 amide bonds. The van der Waals surface area contributed by atoms with Gasteiger partial charge in [-0.25, -0.2) is 0 Å². The first-order chi connectivity index (χ1) is 11.4. The molecule has 116 valence electrons. The topological polar surface area (TPSA) is 24.9 Å². The summed E-state index contributed by atoms with van der Waals surface area (Å²) in [6, 6.07) is 18.9. The third kappa shape index (κ3) is 3.98. The van der Waals surface area contributed by atoms with Crippen LogP contribution in [0.4, 0.5) is 5.69 Å². The first kappa shape index (κ1) is 15.3. The molecule has 0 saturated heterocycles. The van der Waals surface area contributed by atoms with E-state index in [0.717, 1.165) is 12.1 Å². The fourth-order valence-corrected chi connectivity index (χ4v) is 2.57. The van der Waals surface area contributed by atoms with Crippen LogP contribution in [-0.4, -0.2) is 11.5 Å². The molecule has 0 saturated carbocycles. The summed E-state index contributed by atoms with van der Waals surface area (Å²) in [4.78, 5) is 4.40. The maximum Gasteiger partial charge on any atom is 0.0707 e. The van der Waals surface area contributed by atoms with E-state index in [9.17, 15) is 0 Å². The Kier molecular flexibility index (Phi) is 5.05. The molecule has 1 N–H and O–H groups in total. The van der Waals surface area contributed by atoms with Crippen LogP contribution < -0.4 is 5.32 Å². The van der Waals surface area contributed by atoms with Crippen molar-refractivity contribution in [1.82, 2.24) is 4.98 Å². The molecule has 0 aliphatic rings. The lowest BCUT2D eigenvalue weighted by Crippen LogP contribution is -2.00. The monoisotopic (exact) mass is 302 g/mol. The van der Waals surface area contributed by atoms with Gasteiger partial charge in [0, 0.05) is 23.8 Å². The molecule has 2 nitrogen and oxygen atoms in total. The van der Waals surface area contributed by atoms with Gasteiger partial charge in [0.05, 0.1) is 5.52 Å². The Balaban J connectivity index is 1.74. The highest BCUT2D eigenvalue weighted by molar-refractivity contribution is 5.90. The summed E-state index contributed by atoms with van der Waals surface area (Å²) in [5.74, 6) is 0. The molecule has 23 heavy (non-hydrogen) atoms. The highest BCUT2D eigenvalue weighted by Gasteiger charge is 1.98. The fraction of sp³-hybridized carbons (Fsp3) is 0.190. The smallest absolute Gasteiger partial charge is 0.0707 e. The summed E-state index contributed by atoms with van der Waals surface area (Å²) in [7, 11) is 0. The summed E-state index contributed by atoms with van der Waals surface area (Å²) in [6.45, 7) is 3.24. The minimum absolute atomic E-state index is 1.03. The van der Waals surface area contributed by atoms with Gasteiger partial charge in [0.25, 0.3) is 0 Å². The van der Waals surface area contributed by atoms with E-state index in [4.69, 9.17) is 0 Å². The molecule has 3 aromatic rings. The van der Waals surface area contributed by atoms with Crippen molar-refractivity contribution in [3.8, 4) is 0 Å². The second kappa shape index (κ2) is 7.59. The van der Waals surface area contributed by atoms with Gasteiger partial charge in [-0.3, -0.25) is 4.98 Å². The van der Waals surface area contributed by atoms with E-state index in [2.05, 4.69) is 71.8 Å². The molecule has 0 unspecified atom stereocenters. The predicted molar refractivity (Wildman–Crippen MR) is 101 cm³/mol. The Bertz CT molecular complexity index is 783. The van der Waals surface area contributed by atoms with Crippen molar-refractivity contribution in [2.75, 3.05) is 11.9 Å². The number of pyridine rings is 1. The maximum atomic E-state index is 4.40. The van der Waals surface area contributed by atoms with Crippen LogP contribution in [0.3, 0.4) is 0 Å². The van der Waals surface area contributed by atoms with Crippen molar-refractivity contribution in [2.45, 2.75) is 19.8 Å². The minimum Gasteiger partial charge on any atom is -0.385 e. The Labute approximate surface area is 137 Å². The summed E-state index contributed by atoms with van der Waals surface area (Å²) >= 11 is 0. The largest absolute Gasteiger partial charge is 0.385 e. The van der Waals surface area contributed by atoms with Crippen LogP contribution >= 0.6 is 0 Å². The number of rotatable bonds is 6. The molecule has 0 bridgehead atoms. The van der Waals surface area contributed by atoms with E-state index in [0.29, 0.717) is 0 Å². The molecule has 1 aromatic heterocycles. The van der Waals surface area contributed by atoms with Gasteiger partial charge in [-0.15, -0.1) is 0 Å². The zero-order valence-corrected chi connectivity index (χ0v) is 13.5. The molecule has 1 heterocycles. The number of nitrogens with zero attached hydrogens (tertiary/aromatic N) is 1. The zero-order valence-electron chi connectivity index (χ0n) is 13.5. The van der Waals surface area contributed by atoms with Crippen molar-refractivity contribution in [1.29, 1.82) is 0 Å². The van der Waals surface area contributed by atoms with E-state index in [1.165, 1.54) is 35.0 Å². The van der Waals surface area contributed by atoms with Crippen LogP contribution in [0.1, 0.15) is 30.9 Å². The van der Waals surface area contributed by atoms with Gasteiger partial charge in [0.1, 0.15) is 0 Å². The van der Waals surface area contributed by atoms with Gasteiger partial charge < -0.3 is 5.32 Å². The first-order valence-electron chi connectivity index (χ1n) is 8.22. The van der Waals surface area contributed by atoms with Gasteiger partial charge in [0.15, 0.2) is 0 Å². The maximum absolute atomic E-state index is 4.40. The predicted octanol–water partition coefficient (Wildman–Crippen LogP) is 5.62. The van der Waals surface area contributed by atoms with Gasteiger partial charge >= 0.3 is 0 Å². The number of hydrogen-bond donors (Lipinski definition) is 1. The lowest BCUT2D eigenvalue weighted by molar-refractivity contribution is 0.834. The van der Waals surface area contributed by atoms with Gasteiger partial charge in [0.2, 0.25) is 0 Å². The first-order valence-corrected chi connectivity index (χ1v) is 8.22. The Morgan fingerprint density at radius 2 is 1.78 bits per heavy atom. The average molecular weight is 302 g/mol. The number of anilines is 1. The van der Waals surface area contributed by atoms with Crippen LogP contribution in [0.2, 0.25) is 0 Å². The lowest BCUT2D eigenvalue weighted by atomic mass is 10.1. The highest BCUT2D eigenvalue weighted by atomic mass is 14.9. The molecule has 0 radical (unpaired) electrons. The van der Waals surface area contributed by atoms with Gasteiger partial charge in [-0.2, -0.15) is 0 Å². The van der Waals surface area contributed by atoms with Crippen LogP contribution in [0.5, 0.6) is 0 Å². The van der Waals surface area contributed by atoms with E-state index in [-0.39, 0.29) is 0 Å². The third-order valence-corrected chi connectivity index (χ3v) is 3.91. The summed E-state index contributed by atoms with van der Waals surface area (Å²) in [5, 5.41) is 4.62. The van der Waals surface area contributed by atoms with Crippen molar-refractivity contribution in [3.05, 3.63) is 71.9 Å². The van der Waals surface area contributed by atoms with E-state index < -0.39 is 0 Å². The third-order valence-electron chi connectivity index (χ3n) is 3.91. The minimum atomic E-state index is 1.03. The van der Waals surface area contributed by atoms with Crippen molar-refractivity contribution >= 4 is 28.7 Å². The Hall–Kier alpha value is -2.61. The number of aromatic nitrogens is 1. The van der Waals surface area contributed by atoms with Gasteiger partial charge in [-0.05, 0) is 41.8 Å². The molecule has 0 aliphatic carbocycles. The number of benzene rings is 2. The Morgan fingerprint density at radius 1 is 0.957 bits per heavy atom. The SMILES string of the molecule is CCCCNc1ccc(/C=C\c2ccnc3ccccc23)cc1. The van der Waals surface area contributed by atoms with Crippen LogP contribution in [-0.2, 0) is 0 Å². The van der Waals surface area contributed by atoms with E-state index >= 15 is 0 Å². The quantitative estimate of drug-likeness (QED) is 0.598. The second-order valence-corrected chi connectivity index (χ2v) is 5.65. The molecule has 3 rings (SSSR count). The van der Waals surface area contributed by atoms with Crippen molar-refractivity contribution in [3.63, 3.8) is 0 Å². The Morgan fingerprint density at radius 3 is 2.61 bits per heavy atom. The summed E-state index contributed by atoms with van der Waals surface area (Å²) < 4.78 is 0. The van der Waals surface area contributed by atoms with E-state index in [1.807, 2.05) is 18.3 Å². The normalized spacial score (nSPS) is 11.2. The second-order valence-electron chi connectivity index (χ2n) is 5.65. The summed E-state index contributed by atoms with van der Waals surface area (Å²) in [5.41, 5.74) is 4.61. The lowest BCUT2D eigenvalue weighted by Gasteiger charge is -2.05. The van der Waals surface area contributed by atoms with Crippen molar-refractivity contribution < 1.29 is 0 Å². The fourth-order valence-electron chi connectivity index (χ4n) is 2.57. The molecular formula is C21H22N2. The summed E-state index contributed by atoms with van der Waals surface area (Å²) in [6.07, 6.45) is 8.59. The number of fused-ring (bicyclic) bond motifs is 1. The number of unbranched alkanes of at least 4 members (excludes halogenated alkanes) is 1. The van der Waals surface area contributed by atoms with Crippen LogP contribution in [0.15, 0.2) is 60.8 Å². The van der Waals surface area contributed by atoms with Gasteiger partial charge in [-0.1, -0.05) is 55.8 Å². The van der Waals surface area contributed by atoms with Crippen LogP contribution in [0, 0.1) is 0 Å². The van der Waals surface area contributed by atoms with E-state index in [1.54, 1.807) is 0 Å². The number of nitrogens with one attached hydrogen (secondary N) is 1. The molecule has 2 heteroatoms. The number of hydrogen-bond acceptors (Lipinski definition) is 2. The number of para-hydroxylation sites is 1.